The number of carboxylic acid groups (broad SMARTS) is 1. The van der Waals surface area contributed by atoms with Gasteiger partial charge in [-0.05, 0) is 78.7 Å². The molecular weight excluding hydrogens is 673 g/mol. The number of aliphatic carboxylic acids is 1. The summed E-state index contributed by atoms with van der Waals surface area (Å²) in [5.74, 6) is -1.90. The summed E-state index contributed by atoms with van der Waals surface area (Å²) in [4.78, 5) is 51.2. The van der Waals surface area contributed by atoms with Crippen LogP contribution in [0.5, 0.6) is 17.2 Å². The van der Waals surface area contributed by atoms with Crippen LogP contribution in [0.2, 0.25) is 0 Å². The van der Waals surface area contributed by atoms with Gasteiger partial charge in [-0.1, -0.05) is 50.8 Å². The average Bonchev–Trinajstić information content (AvgIpc) is 3.63. The van der Waals surface area contributed by atoms with Crippen molar-refractivity contribution in [3.63, 3.8) is 0 Å². The fourth-order valence-electron chi connectivity index (χ4n) is 5.27. The molecule has 0 radical (unpaired) electrons. The van der Waals surface area contributed by atoms with E-state index in [1.54, 1.807) is 66.7 Å². The third kappa shape index (κ3) is 9.88. The molecule has 0 fully saturated rings. The Morgan fingerprint density at radius 2 is 1.61 bits per heavy atom. The molecule has 4 aromatic carbocycles. The Balaban J connectivity index is 1.18. The number of carboxylic acids is 1. The Bertz CT molecular complexity index is 2000. The van der Waals surface area contributed by atoms with Gasteiger partial charge in [-0.3, -0.25) is 9.59 Å². The molecule has 13 heteroatoms. The molecule has 1 unspecified atom stereocenters. The van der Waals surface area contributed by atoms with Gasteiger partial charge in [0.15, 0.2) is 11.5 Å². The number of benzene rings is 4. The molecule has 5 rings (SSSR count). The second-order valence-electron chi connectivity index (χ2n) is 11.7. The molecule has 51 heavy (non-hydrogen) atoms. The Morgan fingerprint density at radius 1 is 0.824 bits per heavy atom. The van der Waals surface area contributed by atoms with E-state index in [1.165, 1.54) is 44.6 Å². The highest BCUT2D eigenvalue weighted by atomic mass is 32.1. The maximum atomic E-state index is 13.2. The zero-order valence-corrected chi connectivity index (χ0v) is 29.0. The van der Waals surface area contributed by atoms with E-state index in [4.69, 9.17) is 14.2 Å². The summed E-state index contributed by atoms with van der Waals surface area (Å²) in [5, 5.41) is 15.2. The number of rotatable bonds is 17. The lowest BCUT2D eigenvalue weighted by Crippen LogP contribution is -2.42. The topological polar surface area (TPSA) is 166 Å². The number of nitrogens with zero attached hydrogens (tertiary/aromatic N) is 2. The van der Waals surface area contributed by atoms with E-state index in [0.717, 1.165) is 24.6 Å². The third-order valence-corrected chi connectivity index (χ3v) is 8.54. The molecule has 0 saturated carbocycles. The fourth-order valence-corrected chi connectivity index (χ4v) is 5.82. The van der Waals surface area contributed by atoms with Gasteiger partial charge in [-0.25, -0.2) is 9.59 Å². The van der Waals surface area contributed by atoms with E-state index < -0.39 is 29.8 Å². The second-order valence-corrected chi connectivity index (χ2v) is 12.2. The largest absolute Gasteiger partial charge is 0.494 e. The number of ether oxygens (including phenoxy) is 3. The lowest BCUT2D eigenvalue weighted by Gasteiger charge is -2.17. The zero-order valence-electron chi connectivity index (χ0n) is 28.2. The van der Waals surface area contributed by atoms with Crippen LogP contribution < -0.4 is 24.8 Å². The third-order valence-electron chi connectivity index (χ3n) is 7.99. The first-order valence-electron chi connectivity index (χ1n) is 16.5. The van der Waals surface area contributed by atoms with Gasteiger partial charge in [0.1, 0.15) is 22.8 Å². The molecule has 0 saturated heterocycles. The average molecular weight is 711 g/mol. The Morgan fingerprint density at radius 3 is 2.37 bits per heavy atom. The van der Waals surface area contributed by atoms with E-state index in [2.05, 4.69) is 26.3 Å². The first-order valence-corrected chi connectivity index (χ1v) is 17.3. The zero-order chi connectivity index (χ0) is 36.2. The smallest absolute Gasteiger partial charge is 0.343 e. The lowest BCUT2D eigenvalue weighted by atomic mass is 10.0. The highest BCUT2D eigenvalue weighted by molar-refractivity contribution is 7.00. The van der Waals surface area contributed by atoms with E-state index in [-0.39, 0.29) is 23.5 Å². The molecule has 0 aliphatic carbocycles. The number of amides is 2. The van der Waals surface area contributed by atoms with Gasteiger partial charge in [0.2, 0.25) is 0 Å². The normalized spacial score (nSPS) is 11.4. The fraction of sp³-hybridized carbons (Fsp3) is 0.263. The number of fused-ring (bicyclic) bond motifs is 1. The minimum atomic E-state index is -1.30. The van der Waals surface area contributed by atoms with Gasteiger partial charge >= 0.3 is 11.9 Å². The summed E-state index contributed by atoms with van der Waals surface area (Å²) in [7, 11) is 1.40. The van der Waals surface area contributed by atoms with Crippen molar-refractivity contribution in [3.05, 3.63) is 107 Å². The van der Waals surface area contributed by atoms with Crippen molar-refractivity contribution in [2.24, 2.45) is 0 Å². The molecular formula is C38H38N4O8S. The molecule has 5 aromatic rings. The van der Waals surface area contributed by atoms with Gasteiger partial charge in [-0.15, -0.1) is 0 Å². The molecule has 1 atom stereocenters. The van der Waals surface area contributed by atoms with E-state index >= 15 is 0 Å². The predicted octanol–water partition coefficient (Wildman–Crippen LogP) is 6.95. The molecule has 1 heterocycles. The molecule has 3 N–H and O–H groups in total. The molecule has 12 nitrogen and oxygen atoms in total. The number of carbonyl (C=O) groups is 4. The number of hydrogen-bond acceptors (Lipinski definition) is 10. The van der Waals surface area contributed by atoms with Crippen molar-refractivity contribution in [2.75, 3.05) is 19.0 Å². The number of hydrogen-bond donors (Lipinski definition) is 3. The van der Waals surface area contributed by atoms with Gasteiger partial charge in [0.05, 0.1) is 36.6 Å². The van der Waals surface area contributed by atoms with Crippen molar-refractivity contribution in [3.8, 4) is 17.2 Å². The quantitative estimate of drug-likeness (QED) is 0.0522. The Kier molecular flexibility index (Phi) is 12.7. The SMILES string of the molecule is CCCCCCCOc1ccc(C(=O)Oc2ccc(CC(NC(=O)c3cccc(NC(=O)c4cccc5nsnc45)c3)C(=O)O)cc2OC)cc1. The number of aromatic nitrogens is 2. The summed E-state index contributed by atoms with van der Waals surface area (Å²) >= 11 is 1.00. The van der Waals surface area contributed by atoms with Crippen LogP contribution in [0.1, 0.15) is 75.7 Å². The van der Waals surface area contributed by atoms with E-state index in [0.29, 0.717) is 45.8 Å². The molecule has 0 bridgehead atoms. The van der Waals surface area contributed by atoms with Crippen LogP contribution in [-0.2, 0) is 11.2 Å². The van der Waals surface area contributed by atoms with Crippen LogP contribution in [0, 0.1) is 0 Å². The number of unbranched alkanes of at least 4 members (excludes halogenated alkanes) is 4. The maximum Gasteiger partial charge on any atom is 0.343 e. The Hall–Kier alpha value is -5.82. The number of anilines is 1. The predicted molar refractivity (Wildman–Crippen MR) is 193 cm³/mol. The first kappa shape index (κ1) is 36.5. The van der Waals surface area contributed by atoms with Crippen LogP contribution in [0.25, 0.3) is 11.0 Å². The van der Waals surface area contributed by atoms with Crippen LogP contribution in [-0.4, -0.2) is 57.4 Å². The van der Waals surface area contributed by atoms with Crippen LogP contribution in [0.4, 0.5) is 5.69 Å². The number of nitrogens with one attached hydrogen (secondary N) is 2. The van der Waals surface area contributed by atoms with Crippen LogP contribution >= 0.6 is 11.7 Å². The van der Waals surface area contributed by atoms with Gasteiger partial charge < -0.3 is 30.0 Å². The second kappa shape index (κ2) is 17.7. The van der Waals surface area contributed by atoms with E-state index in [1.807, 2.05) is 0 Å². The first-order chi connectivity index (χ1) is 24.7. The van der Waals surface area contributed by atoms with E-state index in [9.17, 15) is 24.3 Å². The summed E-state index contributed by atoms with van der Waals surface area (Å²) in [6.07, 6.45) is 5.60. The molecule has 0 aliphatic heterocycles. The summed E-state index contributed by atoms with van der Waals surface area (Å²) in [6, 6.07) is 21.3. The standard InChI is InChI=1S/C38H38N4O8S/c1-3-4-5-6-7-20-49-28-17-15-25(16-18-28)38(47)50-32-19-14-24(22-33(32)48-2)21-31(37(45)46)40-35(43)26-10-8-11-27(23-26)39-36(44)29-12-9-13-30-34(29)42-51-41-30/h8-19,22-23,31H,3-7,20-21H2,1-2H3,(H,39,44)(H,40,43)(H,45,46). The Labute approximate surface area is 299 Å². The van der Waals surface area contributed by atoms with Gasteiger partial charge in [0, 0.05) is 17.7 Å². The lowest BCUT2D eigenvalue weighted by molar-refractivity contribution is -0.139. The van der Waals surface area contributed by atoms with Crippen molar-refractivity contribution in [2.45, 2.75) is 51.5 Å². The van der Waals surface area contributed by atoms with Gasteiger partial charge in [-0.2, -0.15) is 8.75 Å². The van der Waals surface area contributed by atoms with Crippen LogP contribution in [0.3, 0.4) is 0 Å². The molecule has 0 aliphatic rings. The van der Waals surface area contributed by atoms with Crippen molar-refractivity contribution in [1.82, 2.24) is 14.1 Å². The highest BCUT2D eigenvalue weighted by Crippen LogP contribution is 2.30. The summed E-state index contributed by atoms with van der Waals surface area (Å²) < 4.78 is 25.1. The van der Waals surface area contributed by atoms with Crippen molar-refractivity contribution < 1.29 is 38.5 Å². The van der Waals surface area contributed by atoms with Crippen molar-refractivity contribution in [1.29, 1.82) is 0 Å². The summed E-state index contributed by atoms with van der Waals surface area (Å²) in [5.41, 5.74) is 2.73. The number of methoxy groups -OCH3 is 1. The minimum Gasteiger partial charge on any atom is -0.494 e. The van der Waals surface area contributed by atoms with Crippen molar-refractivity contribution >= 4 is 52.2 Å². The summed E-state index contributed by atoms with van der Waals surface area (Å²) in [6.45, 7) is 2.79. The monoisotopic (exact) mass is 710 g/mol. The molecule has 1 aromatic heterocycles. The maximum absolute atomic E-state index is 13.2. The minimum absolute atomic E-state index is 0.0894. The van der Waals surface area contributed by atoms with Crippen LogP contribution in [0.15, 0.2) is 84.9 Å². The molecule has 0 spiro atoms. The highest BCUT2D eigenvalue weighted by Gasteiger charge is 2.23. The molecule has 264 valence electrons. The van der Waals surface area contributed by atoms with Gasteiger partial charge in [0.25, 0.3) is 11.8 Å². The number of carbonyl (C=O) groups excluding carboxylic acids is 3. The molecule has 2 amide bonds. The number of esters is 1.